The van der Waals surface area contributed by atoms with Crippen LogP contribution in [0.25, 0.3) is 0 Å². The maximum Gasteiger partial charge on any atom is 0.244 e. The fourth-order valence-corrected chi connectivity index (χ4v) is 2.92. The van der Waals surface area contributed by atoms with E-state index in [1.54, 1.807) is 0 Å². The second-order valence-corrected chi connectivity index (χ2v) is 5.98. The highest BCUT2D eigenvalue weighted by molar-refractivity contribution is 5.99. The number of carbonyl (C=O) groups is 1. The number of hydrogen-bond donors (Lipinski definition) is 2. The molecular weight excluding hydrogens is 264 g/mol. The van der Waals surface area contributed by atoms with E-state index in [-0.39, 0.29) is 12.0 Å². The molecule has 21 heavy (non-hydrogen) atoms. The van der Waals surface area contributed by atoms with Crippen molar-refractivity contribution in [2.45, 2.75) is 58.1 Å². The monoisotopic (exact) mass is 290 g/mol. The number of benzene rings is 1. The maximum absolute atomic E-state index is 12.7. The number of ether oxygens (including phenoxy) is 1. The second kappa shape index (κ2) is 6.94. The summed E-state index contributed by atoms with van der Waals surface area (Å²) in [6.07, 6.45) is 3.89. The van der Waals surface area contributed by atoms with Crippen molar-refractivity contribution in [3.8, 4) is 5.75 Å². The zero-order chi connectivity index (χ0) is 15.3. The Kier molecular flexibility index (Phi) is 5.23. The molecule has 1 aliphatic rings. The Morgan fingerprint density at radius 1 is 1.43 bits per heavy atom. The number of hydrogen-bond acceptors (Lipinski definition) is 3. The molecule has 0 radical (unpaired) electrons. The van der Waals surface area contributed by atoms with Gasteiger partial charge in [-0.25, -0.2) is 0 Å². The summed E-state index contributed by atoms with van der Waals surface area (Å²) in [7, 11) is 0. The second-order valence-electron chi connectivity index (χ2n) is 5.98. The minimum atomic E-state index is -0.417. The lowest BCUT2D eigenvalue weighted by molar-refractivity contribution is -0.122. The van der Waals surface area contributed by atoms with Crippen LogP contribution in [-0.4, -0.2) is 24.1 Å². The summed E-state index contributed by atoms with van der Waals surface area (Å²) in [6.45, 7) is 6.99. The molecule has 0 aliphatic carbocycles. The molecule has 2 N–H and O–H groups in total. The fraction of sp³-hybridized carbons (Fsp3) is 0.588. The molecule has 0 aromatic heterocycles. The number of amides is 1. The Morgan fingerprint density at radius 2 is 2.19 bits per heavy atom. The Bertz CT molecular complexity index is 479. The van der Waals surface area contributed by atoms with Gasteiger partial charge < -0.3 is 15.4 Å². The minimum Gasteiger partial charge on any atom is -0.489 e. The summed E-state index contributed by atoms with van der Waals surface area (Å²) >= 11 is 0. The van der Waals surface area contributed by atoms with Gasteiger partial charge in [0.1, 0.15) is 5.75 Å². The summed E-state index contributed by atoms with van der Waals surface area (Å²) in [5.74, 6) is 0.784. The average Bonchev–Trinajstić information content (AvgIpc) is 2.91. The van der Waals surface area contributed by atoms with Gasteiger partial charge in [-0.1, -0.05) is 25.5 Å². The number of carbonyl (C=O) groups excluding carboxylic acids is 1. The van der Waals surface area contributed by atoms with Crippen LogP contribution in [0.5, 0.6) is 5.75 Å². The third-order valence-electron chi connectivity index (χ3n) is 3.85. The van der Waals surface area contributed by atoms with Crippen LogP contribution in [0.1, 0.15) is 46.5 Å². The van der Waals surface area contributed by atoms with E-state index in [0.29, 0.717) is 0 Å². The molecule has 4 heteroatoms. The first kappa shape index (κ1) is 15.8. The quantitative estimate of drug-likeness (QED) is 0.845. The highest BCUT2D eigenvalue weighted by Gasteiger charge is 2.40. The van der Waals surface area contributed by atoms with Crippen molar-refractivity contribution in [3.63, 3.8) is 0 Å². The Hall–Kier alpha value is -1.55. The molecule has 4 nitrogen and oxygen atoms in total. The Balaban J connectivity index is 2.15. The molecule has 1 heterocycles. The fourth-order valence-electron chi connectivity index (χ4n) is 2.92. The third-order valence-corrected chi connectivity index (χ3v) is 3.85. The number of nitrogens with one attached hydrogen (secondary N) is 2. The normalized spacial score (nSPS) is 21.5. The summed E-state index contributed by atoms with van der Waals surface area (Å²) in [5.41, 5.74) is 0.333. The van der Waals surface area contributed by atoms with E-state index in [9.17, 15) is 4.79 Å². The molecular formula is C17H26N2O2. The molecule has 1 aromatic rings. The van der Waals surface area contributed by atoms with E-state index in [1.807, 2.05) is 38.1 Å². The predicted octanol–water partition coefficient (Wildman–Crippen LogP) is 3.33. The smallest absolute Gasteiger partial charge is 0.244 e. The average molecular weight is 290 g/mol. The van der Waals surface area contributed by atoms with Gasteiger partial charge in [0.25, 0.3) is 0 Å². The minimum absolute atomic E-state index is 0.0571. The highest BCUT2D eigenvalue weighted by atomic mass is 16.5. The van der Waals surface area contributed by atoms with E-state index in [1.165, 1.54) is 0 Å². The number of rotatable bonds is 6. The van der Waals surface area contributed by atoms with Crippen LogP contribution in [0, 0.1) is 0 Å². The maximum atomic E-state index is 12.7. The standard InChI is InChI=1S/C17H26N2O2/c1-4-10-17(11-7-12-18-17)16(20)19-14-8-5-6-9-15(14)21-13(2)3/h5-6,8-9,13,18H,4,7,10-12H2,1-3H3,(H,19,20). The van der Waals surface area contributed by atoms with Gasteiger partial charge in [-0.2, -0.15) is 0 Å². The van der Waals surface area contributed by atoms with Crippen LogP contribution in [0.2, 0.25) is 0 Å². The molecule has 116 valence electrons. The van der Waals surface area contributed by atoms with Gasteiger partial charge in [-0.3, -0.25) is 4.79 Å². The molecule has 1 unspecified atom stereocenters. The lowest BCUT2D eigenvalue weighted by Crippen LogP contribution is -2.50. The first-order chi connectivity index (χ1) is 10.1. The molecule has 0 saturated carbocycles. The van der Waals surface area contributed by atoms with Crippen LogP contribution in [0.3, 0.4) is 0 Å². The van der Waals surface area contributed by atoms with Crippen molar-refractivity contribution >= 4 is 11.6 Å². The molecule has 1 aromatic carbocycles. The number of anilines is 1. The van der Waals surface area contributed by atoms with Crippen LogP contribution in [0.15, 0.2) is 24.3 Å². The molecule has 1 aliphatic heterocycles. The van der Waals surface area contributed by atoms with Gasteiger partial charge in [0.15, 0.2) is 0 Å². The van der Waals surface area contributed by atoms with Gasteiger partial charge in [0, 0.05) is 0 Å². The Morgan fingerprint density at radius 3 is 2.81 bits per heavy atom. The zero-order valence-electron chi connectivity index (χ0n) is 13.2. The van der Waals surface area contributed by atoms with Crippen molar-refractivity contribution in [1.82, 2.24) is 5.32 Å². The van der Waals surface area contributed by atoms with Crippen LogP contribution >= 0.6 is 0 Å². The summed E-state index contributed by atoms with van der Waals surface area (Å²) in [5, 5.41) is 6.46. The van der Waals surface area contributed by atoms with Crippen molar-refractivity contribution in [1.29, 1.82) is 0 Å². The first-order valence-electron chi connectivity index (χ1n) is 7.89. The predicted molar refractivity (Wildman–Crippen MR) is 85.7 cm³/mol. The third kappa shape index (κ3) is 3.76. The van der Waals surface area contributed by atoms with Crippen molar-refractivity contribution in [2.75, 3.05) is 11.9 Å². The van der Waals surface area contributed by atoms with Gasteiger partial charge in [0.2, 0.25) is 5.91 Å². The van der Waals surface area contributed by atoms with Gasteiger partial charge in [-0.05, 0) is 51.8 Å². The van der Waals surface area contributed by atoms with Gasteiger partial charge >= 0.3 is 0 Å². The molecule has 1 saturated heterocycles. The highest BCUT2D eigenvalue weighted by Crippen LogP contribution is 2.30. The summed E-state index contributed by atoms with van der Waals surface area (Å²) in [4.78, 5) is 12.7. The molecule has 1 fully saturated rings. The van der Waals surface area contributed by atoms with E-state index in [0.717, 1.165) is 43.7 Å². The summed E-state index contributed by atoms with van der Waals surface area (Å²) < 4.78 is 5.77. The zero-order valence-corrected chi connectivity index (χ0v) is 13.2. The molecule has 0 bridgehead atoms. The molecule has 0 spiro atoms. The Labute approximate surface area is 127 Å². The molecule has 1 atom stereocenters. The first-order valence-corrected chi connectivity index (χ1v) is 7.89. The van der Waals surface area contributed by atoms with Crippen LogP contribution < -0.4 is 15.4 Å². The molecule has 1 amide bonds. The lowest BCUT2D eigenvalue weighted by atomic mass is 9.90. The number of para-hydroxylation sites is 2. The van der Waals surface area contributed by atoms with Gasteiger partial charge in [0.05, 0.1) is 17.3 Å². The molecule has 2 rings (SSSR count). The largest absolute Gasteiger partial charge is 0.489 e. The van der Waals surface area contributed by atoms with Crippen LogP contribution in [0.4, 0.5) is 5.69 Å². The SMILES string of the molecule is CCCC1(C(=O)Nc2ccccc2OC(C)C)CCCN1. The van der Waals surface area contributed by atoms with Crippen molar-refractivity contribution in [3.05, 3.63) is 24.3 Å². The van der Waals surface area contributed by atoms with E-state index in [2.05, 4.69) is 17.6 Å². The van der Waals surface area contributed by atoms with E-state index in [4.69, 9.17) is 4.74 Å². The van der Waals surface area contributed by atoms with Crippen LogP contribution in [-0.2, 0) is 4.79 Å². The van der Waals surface area contributed by atoms with Gasteiger partial charge in [-0.15, -0.1) is 0 Å². The topological polar surface area (TPSA) is 50.4 Å². The lowest BCUT2D eigenvalue weighted by Gasteiger charge is -2.28. The summed E-state index contributed by atoms with van der Waals surface area (Å²) in [6, 6.07) is 7.62. The van der Waals surface area contributed by atoms with Crippen molar-refractivity contribution in [2.24, 2.45) is 0 Å². The van der Waals surface area contributed by atoms with Crippen molar-refractivity contribution < 1.29 is 9.53 Å². The van der Waals surface area contributed by atoms with E-state index >= 15 is 0 Å². The van der Waals surface area contributed by atoms with E-state index < -0.39 is 5.54 Å².